The molecule has 1 unspecified atom stereocenters. The summed E-state index contributed by atoms with van der Waals surface area (Å²) in [6.07, 6.45) is 3.59. The number of carboxylic acids is 1. The van der Waals surface area contributed by atoms with Crippen LogP contribution in [0.15, 0.2) is 6.20 Å². The van der Waals surface area contributed by atoms with Gasteiger partial charge in [-0.1, -0.05) is 27.2 Å². The van der Waals surface area contributed by atoms with Crippen LogP contribution in [0.4, 0.5) is 5.69 Å². The van der Waals surface area contributed by atoms with Gasteiger partial charge in [0.15, 0.2) is 5.69 Å². The molecule has 0 amide bonds. The number of nitrogens with zero attached hydrogens (tertiary/aromatic N) is 2. The van der Waals surface area contributed by atoms with Gasteiger partial charge in [-0.05, 0) is 13.3 Å². The molecule has 1 aromatic rings. The summed E-state index contributed by atoms with van der Waals surface area (Å²) in [4.78, 5) is 19.5. The first-order valence-electron chi connectivity index (χ1n) is 6.32. The minimum Gasteiger partial charge on any atom is -0.476 e. The van der Waals surface area contributed by atoms with Gasteiger partial charge in [0.2, 0.25) is 0 Å². The number of anilines is 1. The Morgan fingerprint density at radius 2 is 2.11 bits per heavy atom. The normalized spacial score (nSPS) is 12.5. The molecule has 0 fully saturated rings. The van der Waals surface area contributed by atoms with Gasteiger partial charge in [-0.15, -0.1) is 0 Å². The molecule has 0 aliphatic heterocycles. The highest BCUT2D eigenvalue weighted by atomic mass is 16.4. The molecule has 0 aliphatic rings. The monoisotopic (exact) mass is 251 g/mol. The minimum absolute atomic E-state index is 0.0525. The fourth-order valence-corrected chi connectivity index (χ4v) is 1.71. The van der Waals surface area contributed by atoms with Gasteiger partial charge in [-0.25, -0.2) is 14.8 Å². The fourth-order valence-electron chi connectivity index (χ4n) is 1.71. The molecular weight excluding hydrogens is 230 g/mol. The third-order valence-corrected chi connectivity index (χ3v) is 2.65. The summed E-state index contributed by atoms with van der Waals surface area (Å²) in [5.74, 6) is -0.350. The third kappa shape index (κ3) is 3.68. The van der Waals surface area contributed by atoms with Crippen molar-refractivity contribution >= 4 is 11.7 Å². The summed E-state index contributed by atoms with van der Waals surface area (Å²) in [7, 11) is 0. The van der Waals surface area contributed by atoms with E-state index in [4.69, 9.17) is 0 Å². The van der Waals surface area contributed by atoms with Crippen LogP contribution in [0.5, 0.6) is 0 Å². The molecule has 2 N–H and O–H groups in total. The van der Waals surface area contributed by atoms with Crippen LogP contribution in [0.25, 0.3) is 0 Å². The number of nitrogens with one attached hydrogen (secondary N) is 1. The van der Waals surface area contributed by atoms with Gasteiger partial charge in [0.25, 0.3) is 0 Å². The topological polar surface area (TPSA) is 75.1 Å². The highest BCUT2D eigenvalue weighted by Gasteiger charge is 2.16. The first-order valence-corrected chi connectivity index (χ1v) is 6.32. The van der Waals surface area contributed by atoms with Crippen molar-refractivity contribution in [1.29, 1.82) is 0 Å². The van der Waals surface area contributed by atoms with Gasteiger partial charge in [-0.3, -0.25) is 0 Å². The maximum absolute atomic E-state index is 11.2. The largest absolute Gasteiger partial charge is 0.476 e. The molecule has 1 rings (SSSR count). The second kappa shape index (κ2) is 6.33. The van der Waals surface area contributed by atoms with Crippen molar-refractivity contribution in [3.63, 3.8) is 0 Å². The van der Waals surface area contributed by atoms with Crippen molar-refractivity contribution in [2.75, 3.05) is 5.32 Å². The Balaban J connectivity index is 3.00. The van der Waals surface area contributed by atoms with E-state index in [9.17, 15) is 9.90 Å². The average Bonchev–Trinajstić information content (AvgIpc) is 2.29. The predicted molar refractivity (Wildman–Crippen MR) is 71.1 cm³/mol. The standard InChI is InChI=1S/C13H21N3O2/c1-5-6-9(4)15-10-7-14-12(8(2)3)16-11(10)13(17)18/h7-9,15H,5-6H2,1-4H3,(H,17,18). The van der Waals surface area contributed by atoms with E-state index in [1.165, 1.54) is 0 Å². The molecule has 0 bridgehead atoms. The van der Waals surface area contributed by atoms with Crippen molar-refractivity contribution in [3.05, 3.63) is 17.7 Å². The lowest BCUT2D eigenvalue weighted by atomic mass is 10.1. The van der Waals surface area contributed by atoms with Crippen LogP contribution in [0, 0.1) is 0 Å². The Morgan fingerprint density at radius 1 is 1.44 bits per heavy atom. The maximum Gasteiger partial charge on any atom is 0.356 e. The van der Waals surface area contributed by atoms with Crippen LogP contribution < -0.4 is 5.32 Å². The molecule has 0 aliphatic carbocycles. The fraction of sp³-hybridized carbons (Fsp3) is 0.615. The number of rotatable bonds is 6. The zero-order valence-corrected chi connectivity index (χ0v) is 11.4. The Hall–Kier alpha value is -1.65. The van der Waals surface area contributed by atoms with Crippen molar-refractivity contribution in [2.24, 2.45) is 0 Å². The molecule has 0 saturated heterocycles. The smallest absolute Gasteiger partial charge is 0.356 e. The van der Waals surface area contributed by atoms with Crippen molar-refractivity contribution in [2.45, 2.75) is 52.5 Å². The third-order valence-electron chi connectivity index (χ3n) is 2.65. The number of carbonyl (C=O) groups is 1. The van der Waals surface area contributed by atoms with E-state index in [0.717, 1.165) is 12.8 Å². The van der Waals surface area contributed by atoms with E-state index < -0.39 is 5.97 Å². The highest BCUT2D eigenvalue weighted by Crippen LogP contribution is 2.18. The van der Waals surface area contributed by atoms with E-state index in [1.807, 2.05) is 20.8 Å². The lowest BCUT2D eigenvalue weighted by Gasteiger charge is -2.16. The zero-order valence-electron chi connectivity index (χ0n) is 11.4. The molecule has 18 heavy (non-hydrogen) atoms. The maximum atomic E-state index is 11.2. The Kier molecular flexibility index (Phi) is 5.07. The quantitative estimate of drug-likeness (QED) is 0.813. The van der Waals surface area contributed by atoms with E-state index >= 15 is 0 Å². The van der Waals surface area contributed by atoms with Gasteiger partial charge >= 0.3 is 5.97 Å². The molecule has 1 heterocycles. The van der Waals surface area contributed by atoms with Crippen LogP contribution in [0.3, 0.4) is 0 Å². The highest BCUT2D eigenvalue weighted by molar-refractivity contribution is 5.91. The van der Waals surface area contributed by atoms with E-state index in [1.54, 1.807) is 6.20 Å². The number of hydrogen-bond donors (Lipinski definition) is 2. The van der Waals surface area contributed by atoms with Crippen LogP contribution in [0.2, 0.25) is 0 Å². The summed E-state index contributed by atoms with van der Waals surface area (Å²) in [6, 6.07) is 0.210. The van der Waals surface area contributed by atoms with Gasteiger partial charge in [0.05, 0.1) is 11.9 Å². The first kappa shape index (κ1) is 14.4. The van der Waals surface area contributed by atoms with Crippen LogP contribution >= 0.6 is 0 Å². The summed E-state index contributed by atoms with van der Waals surface area (Å²) in [6.45, 7) is 7.99. The number of aromatic carboxylic acids is 1. The number of hydrogen-bond acceptors (Lipinski definition) is 4. The van der Waals surface area contributed by atoms with Gasteiger partial charge in [-0.2, -0.15) is 0 Å². The van der Waals surface area contributed by atoms with Crippen LogP contribution in [0.1, 0.15) is 62.8 Å². The molecule has 5 heteroatoms. The van der Waals surface area contributed by atoms with Crippen LogP contribution in [-0.4, -0.2) is 27.1 Å². The van der Waals surface area contributed by atoms with Gasteiger partial charge in [0.1, 0.15) is 5.82 Å². The van der Waals surface area contributed by atoms with E-state index in [-0.39, 0.29) is 17.7 Å². The molecule has 1 atom stereocenters. The molecular formula is C13H21N3O2. The van der Waals surface area contributed by atoms with Crippen molar-refractivity contribution in [3.8, 4) is 0 Å². The molecule has 100 valence electrons. The summed E-state index contributed by atoms with van der Waals surface area (Å²) < 4.78 is 0. The summed E-state index contributed by atoms with van der Waals surface area (Å²) in [5, 5.41) is 12.3. The predicted octanol–water partition coefficient (Wildman–Crippen LogP) is 2.90. The molecule has 1 aromatic heterocycles. The van der Waals surface area contributed by atoms with Crippen LogP contribution in [-0.2, 0) is 0 Å². The Labute approximate surface area is 108 Å². The lowest BCUT2D eigenvalue weighted by molar-refractivity contribution is 0.0691. The summed E-state index contributed by atoms with van der Waals surface area (Å²) in [5.41, 5.74) is 0.546. The van der Waals surface area contributed by atoms with Gasteiger partial charge < -0.3 is 10.4 Å². The molecule has 0 radical (unpaired) electrons. The lowest BCUT2D eigenvalue weighted by Crippen LogP contribution is -2.19. The SMILES string of the molecule is CCCC(C)Nc1cnc(C(C)C)nc1C(=O)O. The average molecular weight is 251 g/mol. The van der Waals surface area contributed by atoms with Gasteiger partial charge in [0, 0.05) is 12.0 Å². The second-order valence-corrected chi connectivity index (χ2v) is 4.78. The van der Waals surface area contributed by atoms with E-state index in [0.29, 0.717) is 11.5 Å². The molecule has 0 spiro atoms. The summed E-state index contributed by atoms with van der Waals surface area (Å²) >= 11 is 0. The Morgan fingerprint density at radius 3 is 2.61 bits per heavy atom. The first-order chi connectivity index (χ1) is 8.45. The van der Waals surface area contributed by atoms with E-state index in [2.05, 4.69) is 22.2 Å². The zero-order chi connectivity index (χ0) is 13.7. The molecule has 0 aromatic carbocycles. The van der Waals surface area contributed by atoms with Crippen molar-refractivity contribution < 1.29 is 9.90 Å². The second-order valence-electron chi connectivity index (χ2n) is 4.78. The Bertz CT molecular complexity index is 419. The minimum atomic E-state index is -1.02. The molecule has 0 saturated carbocycles. The number of carboxylic acid groups (broad SMARTS) is 1. The number of aromatic nitrogens is 2. The molecule has 5 nitrogen and oxygen atoms in total. The van der Waals surface area contributed by atoms with Crippen molar-refractivity contribution in [1.82, 2.24) is 9.97 Å².